The van der Waals surface area contributed by atoms with Crippen molar-refractivity contribution in [2.45, 2.75) is 20.4 Å². The van der Waals surface area contributed by atoms with Crippen molar-refractivity contribution in [3.05, 3.63) is 57.6 Å². The highest BCUT2D eigenvalue weighted by Gasteiger charge is 2.19. The first kappa shape index (κ1) is 18.2. The largest absolute Gasteiger partial charge is 0.497 e. The Morgan fingerprint density at radius 3 is 2.77 bits per heavy atom. The van der Waals surface area contributed by atoms with Crippen LogP contribution < -0.4 is 10.1 Å². The number of anilines is 1. The van der Waals surface area contributed by atoms with E-state index in [2.05, 4.69) is 31.4 Å². The summed E-state index contributed by atoms with van der Waals surface area (Å²) in [5.74, 6) is 0.572. The molecule has 1 amide bonds. The van der Waals surface area contributed by atoms with Gasteiger partial charge in [0.2, 0.25) is 0 Å². The van der Waals surface area contributed by atoms with E-state index in [1.807, 2.05) is 42.8 Å². The first-order valence-electron chi connectivity index (χ1n) is 8.06. The van der Waals surface area contributed by atoms with Crippen molar-refractivity contribution < 1.29 is 9.53 Å². The number of halogens is 1. The minimum atomic E-state index is -0.232. The van der Waals surface area contributed by atoms with Gasteiger partial charge >= 0.3 is 0 Å². The molecule has 26 heavy (non-hydrogen) atoms. The van der Waals surface area contributed by atoms with E-state index in [1.54, 1.807) is 20.4 Å². The average molecular weight is 418 g/mol. The second-order valence-corrected chi connectivity index (χ2v) is 6.83. The molecule has 0 bridgehead atoms. The zero-order valence-electron chi connectivity index (χ0n) is 15.1. The lowest BCUT2D eigenvalue weighted by molar-refractivity contribution is 0.101. The molecule has 8 heteroatoms. The predicted molar refractivity (Wildman–Crippen MR) is 103 cm³/mol. The number of hydrogen-bond donors (Lipinski definition) is 1. The predicted octanol–water partition coefficient (Wildman–Crippen LogP) is 3.31. The maximum atomic E-state index is 12.6. The molecule has 3 aromatic rings. The van der Waals surface area contributed by atoms with Gasteiger partial charge in [0.05, 0.1) is 41.4 Å². The van der Waals surface area contributed by atoms with Crippen LogP contribution in [0.15, 0.2) is 34.9 Å². The van der Waals surface area contributed by atoms with E-state index in [9.17, 15) is 4.79 Å². The van der Waals surface area contributed by atoms with Gasteiger partial charge in [-0.1, -0.05) is 12.1 Å². The van der Waals surface area contributed by atoms with Crippen LogP contribution in [0.4, 0.5) is 5.69 Å². The summed E-state index contributed by atoms with van der Waals surface area (Å²) in [5.41, 5.74) is 3.89. The Morgan fingerprint density at radius 2 is 2.12 bits per heavy atom. The molecule has 3 rings (SSSR count). The van der Waals surface area contributed by atoms with Crippen LogP contribution in [0.5, 0.6) is 5.75 Å². The van der Waals surface area contributed by atoms with E-state index in [1.165, 1.54) is 4.68 Å². The number of carbonyl (C=O) groups is 1. The summed E-state index contributed by atoms with van der Waals surface area (Å²) in [5, 5.41) is 11.6. The van der Waals surface area contributed by atoms with E-state index in [-0.39, 0.29) is 5.91 Å². The van der Waals surface area contributed by atoms with Crippen LogP contribution in [-0.2, 0) is 13.6 Å². The average Bonchev–Trinajstić information content (AvgIpc) is 3.08. The highest BCUT2D eigenvalue weighted by Crippen LogP contribution is 2.23. The van der Waals surface area contributed by atoms with Crippen LogP contribution in [0.3, 0.4) is 0 Å². The third kappa shape index (κ3) is 3.50. The summed E-state index contributed by atoms with van der Waals surface area (Å²) in [6, 6.07) is 7.84. The molecular weight excluding hydrogens is 398 g/mol. The molecule has 0 aliphatic carbocycles. The molecule has 0 fully saturated rings. The van der Waals surface area contributed by atoms with Crippen LogP contribution in [-0.4, -0.2) is 32.6 Å². The van der Waals surface area contributed by atoms with Gasteiger partial charge in [0.1, 0.15) is 11.4 Å². The Morgan fingerprint density at radius 1 is 1.35 bits per heavy atom. The Kier molecular flexibility index (Phi) is 5.13. The van der Waals surface area contributed by atoms with Crippen LogP contribution in [0, 0.1) is 13.8 Å². The van der Waals surface area contributed by atoms with Gasteiger partial charge in [-0.15, -0.1) is 0 Å². The molecule has 0 aliphatic heterocycles. The van der Waals surface area contributed by atoms with Crippen LogP contribution in [0.25, 0.3) is 0 Å². The summed E-state index contributed by atoms with van der Waals surface area (Å²) >= 11 is 3.35. The number of aryl methyl sites for hydroxylation is 2. The molecule has 0 radical (unpaired) electrons. The standard InChI is InChI=1S/C18H20BrN5O2/c1-11-16(21-18(25)17-15(19)9-20-23(17)3)12(2)24(22-11)10-13-6-5-7-14(8-13)26-4/h5-9H,10H2,1-4H3,(H,21,25). The molecule has 1 N–H and O–H groups in total. The van der Waals surface area contributed by atoms with Crippen molar-refractivity contribution in [1.82, 2.24) is 19.6 Å². The van der Waals surface area contributed by atoms with E-state index in [4.69, 9.17) is 4.74 Å². The second kappa shape index (κ2) is 7.33. The lowest BCUT2D eigenvalue weighted by Gasteiger charge is -2.09. The van der Waals surface area contributed by atoms with Crippen molar-refractivity contribution in [3.63, 3.8) is 0 Å². The number of carbonyl (C=O) groups excluding carboxylic acids is 1. The molecule has 0 atom stereocenters. The fraction of sp³-hybridized carbons (Fsp3) is 0.278. The van der Waals surface area contributed by atoms with E-state index in [0.29, 0.717) is 22.4 Å². The van der Waals surface area contributed by atoms with Crippen molar-refractivity contribution in [2.75, 3.05) is 12.4 Å². The zero-order valence-corrected chi connectivity index (χ0v) is 16.7. The van der Waals surface area contributed by atoms with Gasteiger partial charge in [0.15, 0.2) is 0 Å². The number of nitrogens with zero attached hydrogens (tertiary/aromatic N) is 4. The maximum Gasteiger partial charge on any atom is 0.275 e. The minimum Gasteiger partial charge on any atom is -0.497 e. The number of amides is 1. The Labute approximate surface area is 160 Å². The monoisotopic (exact) mass is 417 g/mol. The molecule has 1 aromatic carbocycles. The van der Waals surface area contributed by atoms with Gasteiger partial charge in [-0.2, -0.15) is 10.2 Å². The molecule has 2 aromatic heterocycles. The second-order valence-electron chi connectivity index (χ2n) is 5.97. The molecular formula is C18H20BrN5O2. The summed E-state index contributed by atoms with van der Waals surface area (Å²) in [6.45, 7) is 4.41. The number of hydrogen-bond acceptors (Lipinski definition) is 4. The van der Waals surface area contributed by atoms with Gasteiger partial charge < -0.3 is 10.1 Å². The van der Waals surface area contributed by atoms with E-state index >= 15 is 0 Å². The van der Waals surface area contributed by atoms with Gasteiger partial charge in [-0.3, -0.25) is 14.2 Å². The first-order chi connectivity index (χ1) is 12.4. The van der Waals surface area contributed by atoms with Gasteiger partial charge in [-0.25, -0.2) is 0 Å². The molecule has 136 valence electrons. The lowest BCUT2D eigenvalue weighted by atomic mass is 10.2. The zero-order chi connectivity index (χ0) is 18.8. The van der Waals surface area contributed by atoms with Crippen LogP contribution in [0.2, 0.25) is 0 Å². The number of rotatable bonds is 5. The van der Waals surface area contributed by atoms with Crippen molar-refractivity contribution in [3.8, 4) is 5.75 Å². The van der Waals surface area contributed by atoms with Crippen molar-refractivity contribution >= 4 is 27.5 Å². The minimum absolute atomic E-state index is 0.232. The first-order valence-corrected chi connectivity index (χ1v) is 8.85. The highest BCUT2D eigenvalue weighted by molar-refractivity contribution is 9.10. The van der Waals surface area contributed by atoms with E-state index < -0.39 is 0 Å². The third-order valence-electron chi connectivity index (χ3n) is 4.20. The Hall–Kier alpha value is -2.61. The van der Waals surface area contributed by atoms with Crippen molar-refractivity contribution in [2.24, 2.45) is 7.05 Å². The Balaban J connectivity index is 1.85. The summed E-state index contributed by atoms with van der Waals surface area (Å²) in [6.07, 6.45) is 1.60. The molecule has 0 aliphatic rings. The molecule has 0 spiro atoms. The lowest BCUT2D eigenvalue weighted by Crippen LogP contribution is -2.17. The van der Waals surface area contributed by atoms with Gasteiger partial charge in [-0.05, 0) is 47.5 Å². The normalized spacial score (nSPS) is 10.8. The van der Waals surface area contributed by atoms with E-state index in [0.717, 1.165) is 22.7 Å². The molecule has 2 heterocycles. The fourth-order valence-electron chi connectivity index (χ4n) is 2.81. The molecule has 0 unspecified atom stereocenters. The van der Waals surface area contributed by atoms with Gasteiger partial charge in [0.25, 0.3) is 5.91 Å². The summed E-state index contributed by atoms with van der Waals surface area (Å²) < 4.78 is 9.32. The number of methoxy groups -OCH3 is 1. The molecule has 7 nitrogen and oxygen atoms in total. The number of benzene rings is 1. The van der Waals surface area contributed by atoms with Crippen molar-refractivity contribution in [1.29, 1.82) is 0 Å². The quantitative estimate of drug-likeness (QED) is 0.690. The highest BCUT2D eigenvalue weighted by atomic mass is 79.9. The van der Waals surface area contributed by atoms with Crippen LogP contribution >= 0.6 is 15.9 Å². The smallest absolute Gasteiger partial charge is 0.275 e. The number of nitrogens with one attached hydrogen (secondary N) is 1. The van der Waals surface area contributed by atoms with Crippen LogP contribution in [0.1, 0.15) is 27.4 Å². The third-order valence-corrected chi connectivity index (χ3v) is 4.78. The Bertz CT molecular complexity index is 941. The fourth-order valence-corrected chi connectivity index (χ4v) is 3.34. The molecule has 0 saturated carbocycles. The van der Waals surface area contributed by atoms with Gasteiger partial charge in [0, 0.05) is 7.05 Å². The molecule has 0 saturated heterocycles. The SMILES string of the molecule is COc1cccc(Cn2nc(C)c(NC(=O)c3c(Br)cnn3C)c2C)c1. The maximum absolute atomic E-state index is 12.6. The topological polar surface area (TPSA) is 74.0 Å². The number of aromatic nitrogens is 4. The number of ether oxygens (including phenoxy) is 1. The summed E-state index contributed by atoms with van der Waals surface area (Å²) in [7, 11) is 3.37. The summed E-state index contributed by atoms with van der Waals surface area (Å²) in [4.78, 5) is 12.6.